The Morgan fingerprint density at radius 3 is 1.63 bits per heavy atom. The number of hydrogen-bond donors (Lipinski definition) is 0. The van der Waals surface area contributed by atoms with Crippen LogP contribution in [0.15, 0.2) is 91.0 Å². The predicted octanol–water partition coefficient (Wildman–Crippen LogP) is 5.08. The maximum atomic E-state index is 13.2. The largest absolute Gasteiger partial charge is 0.460 e. The van der Waals surface area contributed by atoms with Crippen molar-refractivity contribution in [3.63, 3.8) is 0 Å². The summed E-state index contributed by atoms with van der Waals surface area (Å²) in [6.45, 7) is 0.0936. The van der Waals surface area contributed by atoms with Crippen molar-refractivity contribution in [2.24, 2.45) is 0 Å². The van der Waals surface area contributed by atoms with E-state index in [1.807, 2.05) is 42.5 Å². The fourth-order valence-electron chi connectivity index (χ4n) is 2.31. The molecule has 0 bridgehead atoms. The van der Waals surface area contributed by atoms with Crippen molar-refractivity contribution in [2.75, 3.05) is 6.16 Å². The van der Waals surface area contributed by atoms with Gasteiger partial charge >= 0.3 is 13.6 Å². The van der Waals surface area contributed by atoms with E-state index in [9.17, 15) is 9.36 Å². The zero-order valence-electron chi connectivity index (χ0n) is 14.6. The van der Waals surface area contributed by atoms with E-state index in [1.165, 1.54) is 0 Å². The van der Waals surface area contributed by atoms with Crippen LogP contribution >= 0.6 is 7.60 Å². The van der Waals surface area contributed by atoms with E-state index in [0.717, 1.165) is 5.56 Å². The fourth-order valence-corrected chi connectivity index (χ4v) is 3.77. The third-order valence-electron chi connectivity index (χ3n) is 3.54. The number of rotatable bonds is 8. The first kappa shape index (κ1) is 18.7. The number of esters is 1. The molecule has 3 aromatic carbocycles. The first-order valence-electron chi connectivity index (χ1n) is 8.41. The van der Waals surface area contributed by atoms with Gasteiger partial charge in [0.05, 0.1) is 0 Å². The van der Waals surface area contributed by atoms with Gasteiger partial charge < -0.3 is 13.8 Å². The maximum absolute atomic E-state index is 13.2. The number of ether oxygens (including phenoxy) is 1. The lowest BCUT2D eigenvalue weighted by molar-refractivity contribution is -0.142. The molecule has 3 rings (SSSR count). The third kappa shape index (κ3) is 6.01. The zero-order valence-corrected chi connectivity index (χ0v) is 15.5. The SMILES string of the molecule is O=C(CP(=O)(Oc1ccccc1)Oc1ccccc1)OCc1ccccc1. The van der Waals surface area contributed by atoms with E-state index in [0.29, 0.717) is 11.5 Å². The van der Waals surface area contributed by atoms with Crippen molar-refractivity contribution < 1.29 is 23.1 Å². The van der Waals surface area contributed by atoms with Crippen LogP contribution in [0.2, 0.25) is 0 Å². The van der Waals surface area contributed by atoms with Gasteiger partial charge in [0, 0.05) is 0 Å². The molecule has 0 saturated heterocycles. The minimum absolute atomic E-state index is 0.0936. The van der Waals surface area contributed by atoms with Crippen LogP contribution in [-0.4, -0.2) is 12.1 Å². The van der Waals surface area contributed by atoms with Crippen LogP contribution in [0.1, 0.15) is 5.56 Å². The van der Waals surface area contributed by atoms with Crippen molar-refractivity contribution in [3.05, 3.63) is 96.6 Å². The first-order chi connectivity index (χ1) is 13.1. The highest BCUT2D eigenvalue weighted by Crippen LogP contribution is 2.48. The van der Waals surface area contributed by atoms with Gasteiger partial charge in [-0.05, 0) is 29.8 Å². The van der Waals surface area contributed by atoms with Gasteiger partial charge in [0.25, 0.3) is 0 Å². The second kappa shape index (κ2) is 9.06. The molecule has 0 N–H and O–H groups in total. The Balaban J connectivity index is 1.70. The standard InChI is InChI=1S/C21H19O5P/c22-21(24-16-18-10-4-1-5-11-18)17-27(23,25-19-12-6-2-7-13-19)26-20-14-8-3-9-15-20/h1-15H,16-17H2. The lowest BCUT2D eigenvalue weighted by Gasteiger charge is -2.19. The van der Waals surface area contributed by atoms with E-state index in [-0.39, 0.29) is 6.61 Å². The van der Waals surface area contributed by atoms with Crippen molar-refractivity contribution >= 4 is 13.6 Å². The van der Waals surface area contributed by atoms with Crippen LogP contribution in [0.25, 0.3) is 0 Å². The fraction of sp³-hybridized carbons (Fsp3) is 0.0952. The van der Waals surface area contributed by atoms with E-state index in [4.69, 9.17) is 13.8 Å². The maximum Gasteiger partial charge on any atom is 0.441 e. The molecule has 0 aliphatic rings. The molecule has 0 amide bonds. The second-order valence-corrected chi connectivity index (χ2v) is 7.63. The zero-order chi connectivity index (χ0) is 19.0. The van der Waals surface area contributed by atoms with Gasteiger partial charge in [-0.25, -0.2) is 4.57 Å². The minimum Gasteiger partial charge on any atom is -0.460 e. The molecule has 0 saturated carbocycles. The van der Waals surface area contributed by atoms with Crippen molar-refractivity contribution in [2.45, 2.75) is 6.61 Å². The molecular weight excluding hydrogens is 363 g/mol. The highest BCUT2D eigenvalue weighted by molar-refractivity contribution is 7.55. The number of hydrogen-bond acceptors (Lipinski definition) is 5. The average molecular weight is 382 g/mol. The van der Waals surface area contributed by atoms with Crippen LogP contribution < -0.4 is 9.05 Å². The molecule has 0 unspecified atom stereocenters. The molecule has 3 aromatic rings. The molecule has 0 aliphatic heterocycles. The van der Waals surface area contributed by atoms with Gasteiger partial charge in [-0.2, -0.15) is 0 Å². The van der Waals surface area contributed by atoms with Crippen LogP contribution in [0.5, 0.6) is 11.5 Å². The third-order valence-corrected chi connectivity index (χ3v) is 5.16. The molecular formula is C21H19O5P. The van der Waals surface area contributed by atoms with Gasteiger partial charge in [0.15, 0.2) is 6.16 Å². The lowest BCUT2D eigenvalue weighted by Crippen LogP contribution is -2.15. The summed E-state index contributed by atoms with van der Waals surface area (Å²) in [5.74, 6) is 0.0503. The molecule has 6 heteroatoms. The summed E-state index contributed by atoms with van der Waals surface area (Å²) in [6, 6.07) is 26.5. The molecule has 0 fully saturated rings. The minimum atomic E-state index is -3.82. The van der Waals surface area contributed by atoms with E-state index < -0.39 is 19.7 Å². The molecule has 5 nitrogen and oxygen atoms in total. The second-order valence-electron chi connectivity index (χ2n) is 5.72. The molecule has 138 valence electrons. The van der Waals surface area contributed by atoms with Gasteiger partial charge in [-0.15, -0.1) is 0 Å². The Kier molecular flexibility index (Phi) is 6.29. The van der Waals surface area contributed by atoms with Crippen molar-refractivity contribution in [1.82, 2.24) is 0 Å². The van der Waals surface area contributed by atoms with E-state index in [2.05, 4.69) is 0 Å². The number of carbonyl (C=O) groups is 1. The molecule has 0 aliphatic carbocycles. The Morgan fingerprint density at radius 1 is 0.704 bits per heavy atom. The molecule has 0 spiro atoms. The average Bonchev–Trinajstić information content (AvgIpc) is 2.68. The monoisotopic (exact) mass is 382 g/mol. The summed E-state index contributed by atoms with van der Waals surface area (Å²) in [6.07, 6.45) is -0.496. The number of benzene rings is 3. The normalized spacial score (nSPS) is 10.8. The molecule has 0 radical (unpaired) electrons. The van der Waals surface area contributed by atoms with Crippen LogP contribution in [0.4, 0.5) is 0 Å². The van der Waals surface area contributed by atoms with Crippen LogP contribution in [-0.2, 0) is 20.7 Å². The summed E-state index contributed by atoms with van der Waals surface area (Å²) >= 11 is 0. The Labute approximate surface area is 158 Å². The summed E-state index contributed by atoms with van der Waals surface area (Å²) in [5, 5.41) is 0. The summed E-state index contributed by atoms with van der Waals surface area (Å²) in [4.78, 5) is 12.3. The van der Waals surface area contributed by atoms with Gasteiger partial charge in [-0.3, -0.25) is 4.79 Å². The summed E-state index contributed by atoms with van der Waals surface area (Å²) in [5.41, 5.74) is 0.841. The lowest BCUT2D eigenvalue weighted by atomic mass is 10.2. The predicted molar refractivity (Wildman–Crippen MR) is 103 cm³/mol. The van der Waals surface area contributed by atoms with E-state index >= 15 is 0 Å². The van der Waals surface area contributed by atoms with Crippen molar-refractivity contribution in [3.8, 4) is 11.5 Å². The Hall–Kier alpha value is -3.04. The molecule has 27 heavy (non-hydrogen) atoms. The first-order valence-corrected chi connectivity index (χ1v) is 10.1. The molecule has 0 heterocycles. The molecule has 0 aromatic heterocycles. The van der Waals surface area contributed by atoms with Crippen molar-refractivity contribution in [1.29, 1.82) is 0 Å². The highest BCUT2D eigenvalue weighted by Gasteiger charge is 2.33. The van der Waals surface area contributed by atoms with Crippen LogP contribution in [0.3, 0.4) is 0 Å². The topological polar surface area (TPSA) is 61.8 Å². The Bertz CT molecular complexity index is 852. The van der Waals surface area contributed by atoms with Gasteiger partial charge in [0.2, 0.25) is 0 Å². The number of carbonyl (C=O) groups excluding carboxylic acids is 1. The smallest absolute Gasteiger partial charge is 0.441 e. The summed E-state index contributed by atoms with van der Waals surface area (Å²) < 4.78 is 29.6. The van der Waals surface area contributed by atoms with Gasteiger partial charge in [-0.1, -0.05) is 66.7 Å². The Morgan fingerprint density at radius 2 is 1.15 bits per heavy atom. The van der Waals surface area contributed by atoms with Gasteiger partial charge in [0.1, 0.15) is 18.1 Å². The summed E-state index contributed by atoms with van der Waals surface area (Å²) in [7, 11) is -3.82. The quantitative estimate of drug-likeness (QED) is 0.402. The van der Waals surface area contributed by atoms with E-state index in [1.54, 1.807) is 48.5 Å². The van der Waals surface area contributed by atoms with Crippen LogP contribution in [0, 0.1) is 0 Å². The highest BCUT2D eigenvalue weighted by atomic mass is 31.2. The molecule has 0 atom stereocenters. The number of para-hydroxylation sites is 2.